The van der Waals surface area contributed by atoms with Crippen molar-refractivity contribution >= 4 is 5.97 Å². The molecule has 0 saturated carbocycles. The normalized spacial score (nSPS) is 10.4. The number of ether oxygens (including phenoxy) is 1. The van der Waals surface area contributed by atoms with Crippen LogP contribution in [0.2, 0.25) is 0 Å². The van der Waals surface area contributed by atoms with Crippen LogP contribution in [0.3, 0.4) is 0 Å². The van der Waals surface area contributed by atoms with Gasteiger partial charge in [-0.2, -0.15) is 0 Å². The number of hydrogen-bond donors (Lipinski definition) is 0. The highest BCUT2D eigenvalue weighted by Gasteiger charge is 1.93. The summed E-state index contributed by atoms with van der Waals surface area (Å²) < 4.78 is 4.80. The van der Waals surface area contributed by atoms with Gasteiger partial charge in [0.2, 0.25) is 0 Å². The van der Waals surface area contributed by atoms with Crippen molar-refractivity contribution in [1.82, 2.24) is 0 Å². The number of rotatable bonds is 4. The smallest absolute Gasteiger partial charge is 0.302 e. The molecule has 2 nitrogen and oxygen atoms in total. The van der Waals surface area contributed by atoms with Crippen LogP contribution < -0.4 is 0 Å². The van der Waals surface area contributed by atoms with Crippen molar-refractivity contribution in [2.24, 2.45) is 0 Å². The average Bonchev–Trinajstić information content (AvgIpc) is 2.21. The summed E-state index contributed by atoms with van der Waals surface area (Å²) in [6.45, 7) is 11.2. The zero-order valence-corrected chi connectivity index (χ0v) is 9.54. The fraction of sp³-hybridized carbons (Fsp3) is 0.417. The van der Waals surface area contributed by atoms with Crippen LogP contribution in [0.1, 0.15) is 27.7 Å². The van der Waals surface area contributed by atoms with Crippen LogP contribution in [-0.2, 0) is 9.53 Å². The van der Waals surface area contributed by atoms with Crippen molar-refractivity contribution in [3.63, 3.8) is 0 Å². The van der Waals surface area contributed by atoms with Crippen molar-refractivity contribution in [2.45, 2.75) is 27.7 Å². The van der Waals surface area contributed by atoms with Crippen LogP contribution in [0.4, 0.5) is 0 Å². The van der Waals surface area contributed by atoms with E-state index in [1.165, 1.54) is 6.92 Å². The highest BCUT2D eigenvalue weighted by Crippen LogP contribution is 1.98. The van der Waals surface area contributed by atoms with Crippen LogP contribution >= 0.6 is 0 Å². The Morgan fingerprint density at radius 3 is 2.36 bits per heavy atom. The average molecular weight is 196 g/mol. The maximum absolute atomic E-state index is 10.4. The topological polar surface area (TPSA) is 26.3 Å². The molecule has 0 aromatic rings. The summed E-state index contributed by atoms with van der Waals surface area (Å²) in [5.41, 5.74) is 0.963. The van der Waals surface area contributed by atoms with Crippen LogP contribution in [0, 0.1) is 0 Å². The van der Waals surface area contributed by atoms with Crippen molar-refractivity contribution < 1.29 is 9.53 Å². The molecule has 0 aliphatic heterocycles. The van der Waals surface area contributed by atoms with Crippen molar-refractivity contribution in [1.29, 1.82) is 0 Å². The lowest BCUT2D eigenvalue weighted by molar-refractivity contribution is -0.139. The second-order valence-electron chi connectivity index (χ2n) is 2.24. The van der Waals surface area contributed by atoms with Crippen LogP contribution in [0.5, 0.6) is 0 Å². The SMILES string of the molecule is C=C/C=C\C(=C/C)COC(C)=O.CC. The largest absolute Gasteiger partial charge is 0.461 e. The van der Waals surface area contributed by atoms with E-state index in [9.17, 15) is 4.79 Å². The summed E-state index contributed by atoms with van der Waals surface area (Å²) in [6.07, 6.45) is 7.23. The number of hydrogen-bond acceptors (Lipinski definition) is 2. The molecule has 0 amide bonds. The zero-order valence-electron chi connectivity index (χ0n) is 9.54. The van der Waals surface area contributed by atoms with Gasteiger partial charge in [-0.05, 0) is 12.5 Å². The number of carbonyl (C=O) groups is 1. The molecule has 80 valence electrons. The number of esters is 1. The maximum Gasteiger partial charge on any atom is 0.302 e. The molecule has 0 fully saturated rings. The molecule has 14 heavy (non-hydrogen) atoms. The summed E-state index contributed by atoms with van der Waals surface area (Å²) in [5.74, 6) is -0.263. The van der Waals surface area contributed by atoms with Gasteiger partial charge in [-0.25, -0.2) is 0 Å². The Hall–Kier alpha value is -1.31. The summed E-state index contributed by atoms with van der Waals surface area (Å²) in [4.78, 5) is 10.4. The Labute approximate surface area is 87.0 Å². The van der Waals surface area contributed by atoms with E-state index in [1.54, 1.807) is 12.2 Å². The zero-order chi connectivity index (χ0) is 11.4. The first-order chi connectivity index (χ1) is 6.70. The van der Waals surface area contributed by atoms with E-state index < -0.39 is 0 Å². The summed E-state index contributed by atoms with van der Waals surface area (Å²) >= 11 is 0. The maximum atomic E-state index is 10.4. The molecule has 0 rings (SSSR count). The minimum absolute atomic E-state index is 0.263. The highest BCUT2D eigenvalue weighted by molar-refractivity contribution is 5.66. The summed E-state index contributed by atoms with van der Waals surface area (Å²) in [5, 5.41) is 0. The molecule has 0 aliphatic carbocycles. The van der Waals surface area contributed by atoms with Crippen molar-refractivity contribution in [2.75, 3.05) is 6.61 Å². The Kier molecular flexibility index (Phi) is 12.7. The molecule has 0 spiro atoms. The van der Waals surface area contributed by atoms with Gasteiger partial charge in [0.05, 0.1) is 0 Å². The molecule has 0 heterocycles. The molecule has 0 radical (unpaired) electrons. The standard InChI is InChI=1S/C10H14O2.C2H6/c1-4-6-7-10(5-2)8-12-9(3)11;1-2/h4-7H,1,8H2,2-3H3;1-2H3/b7-6-,10-5+;. The lowest BCUT2D eigenvalue weighted by Gasteiger charge is -2.00. The van der Waals surface area contributed by atoms with Gasteiger partial charge in [-0.15, -0.1) is 0 Å². The van der Waals surface area contributed by atoms with Gasteiger partial charge in [0.1, 0.15) is 6.61 Å². The third-order valence-corrected chi connectivity index (χ3v) is 1.26. The first kappa shape index (κ1) is 15.2. The fourth-order valence-electron chi connectivity index (χ4n) is 0.604. The molecule has 0 aromatic heterocycles. The lowest BCUT2D eigenvalue weighted by atomic mass is 10.2. The molecule has 2 heteroatoms. The van der Waals surface area contributed by atoms with Crippen molar-refractivity contribution in [3.8, 4) is 0 Å². The van der Waals surface area contributed by atoms with Gasteiger partial charge in [-0.3, -0.25) is 4.79 Å². The third kappa shape index (κ3) is 10.7. The van der Waals surface area contributed by atoms with Crippen LogP contribution in [-0.4, -0.2) is 12.6 Å². The van der Waals surface area contributed by atoms with E-state index in [1.807, 2.05) is 32.9 Å². The Morgan fingerprint density at radius 2 is 2.00 bits per heavy atom. The number of carbonyl (C=O) groups excluding carboxylic acids is 1. The molecule has 0 bridgehead atoms. The van der Waals surface area contributed by atoms with Crippen molar-refractivity contribution in [3.05, 3.63) is 36.5 Å². The van der Waals surface area contributed by atoms with E-state index in [4.69, 9.17) is 4.74 Å². The van der Waals surface area contributed by atoms with Gasteiger partial charge in [0.25, 0.3) is 0 Å². The van der Waals surface area contributed by atoms with Crippen LogP contribution in [0.25, 0.3) is 0 Å². The minimum atomic E-state index is -0.263. The molecular weight excluding hydrogens is 176 g/mol. The predicted molar refractivity (Wildman–Crippen MR) is 61.1 cm³/mol. The summed E-state index contributed by atoms with van der Waals surface area (Å²) in [7, 11) is 0. The van der Waals surface area contributed by atoms with Gasteiger partial charge in [-0.1, -0.05) is 44.7 Å². The molecule has 0 saturated heterocycles. The van der Waals surface area contributed by atoms with Gasteiger partial charge in [0, 0.05) is 6.92 Å². The lowest BCUT2D eigenvalue weighted by Crippen LogP contribution is -2.01. The molecular formula is C12H20O2. The second kappa shape index (κ2) is 11.7. The molecule has 0 unspecified atom stereocenters. The first-order valence-corrected chi connectivity index (χ1v) is 4.78. The van der Waals surface area contributed by atoms with E-state index in [0.29, 0.717) is 6.61 Å². The van der Waals surface area contributed by atoms with Gasteiger partial charge < -0.3 is 4.74 Å². The quantitative estimate of drug-likeness (QED) is 0.509. The molecule has 0 N–H and O–H groups in total. The van der Waals surface area contributed by atoms with Gasteiger partial charge in [0.15, 0.2) is 0 Å². The molecule has 0 aliphatic rings. The predicted octanol–water partition coefficient (Wildman–Crippen LogP) is 3.26. The highest BCUT2D eigenvalue weighted by atomic mass is 16.5. The Balaban J connectivity index is 0. The summed E-state index contributed by atoms with van der Waals surface area (Å²) in [6, 6.07) is 0. The van der Waals surface area contributed by atoms with E-state index in [2.05, 4.69) is 6.58 Å². The van der Waals surface area contributed by atoms with Crippen LogP contribution in [0.15, 0.2) is 36.5 Å². The molecule has 0 atom stereocenters. The third-order valence-electron chi connectivity index (χ3n) is 1.26. The Morgan fingerprint density at radius 1 is 1.43 bits per heavy atom. The second-order valence-corrected chi connectivity index (χ2v) is 2.24. The molecule has 0 aromatic carbocycles. The van der Waals surface area contributed by atoms with E-state index in [-0.39, 0.29) is 5.97 Å². The van der Waals surface area contributed by atoms with E-state index in [0.717, 1.165) is 5.57 Å². The monoisotopic (exact) mass is 196 g/mol. The Bertz CT molecular complexity index is 212. The minimum Gasteiger partial charge on any atom is -0.461 e. The first-order valence-electron chi connectivity index (χ1n) is 4.78. The van der Waals surface area contributed by atoms with E-state index >= 15 is 0 Å². The van der Waals surface area contributed by atoms with Gasteiger partial charge >= 0.3 is 5.97 Å². The number of allylic oxidation sites excluding steroid dienone is 3. The fourth-order valence-corrected chi connectivity index (χ4v) is 0.604.